The molecule has 0 unspecified atom stereocenters. The van der Waals surface area contributed by atoms with Crippen molar-refractivity contribution in [2.75, 3.05) is 6.54 Å². The van der Waals surface area contributed by atoms with E-state index in [1.165, 1.54) is 23.5 Å². The summed E-state index contributed by atoms with van der Waals surface area (Å²) < 4.78 is 15.0. The highest BCUT2D eigenvalue weighted by molar-refractivity contribution is 5.54. The molecule has 1 aliphatic rings. The Morgan fingerprint density at radius 2 is 1.87 bits per heavy atom. The van der Waals surface area contributed by atoms with Gasteiger partial charge < -0.3 is 0 Å². The largest absolute Gasteiger partial charge is 0.291 e. The average Bonchev–Trinajstić information content (AvgIpc) is 3.00. The van der Waals surface area contributed by atoms with Crippen molar-refractivity contribution in [2.24, 2.45) is 0 Å². The van der Waals surface area contributed by atoms with Gasteiger partial charge in [0.25, 0.3) is 0 Å². The summed E-state index contributed by atoms with van der Waals surface area (Å²) in [6.45, 7) is 3.64. The lowest BCUT2D eigenvalue weighted by atomic mass is 10.2. The minimum Gasteiger partial charge on any atom is -0.291 e. The van der Waals surface area contributed by atoms with Gasteiger partial charge in [0, 0.05) is 19.6 Å². The maximum absolute atomic E-state index is 13.0. The summed E-state index contributed by atoms with van der Waals surface area (Å²) in [6, 6.07) is 15.6. The van der Waals surface area contributed by atoms with Crippen LogP contribution in [0, 0.1) is 5.82 Å². The molecule has 0 aliphatic carbocycles. The lowest BCUT2D eigenvalue weighted by Crippen LogP contribution is -2.33. The van der Waals surface area contributed by atoms with E-state index in [4.69, 9.17) is 0 Å². The van der Waals surface area contributed by atoms with Gasteiger partial charge in [0.2, 0.25) is 0 Å². The third-order valence-corrected chi connectivity index (χ3v) is 4.12. The summed E-state index contributed by atoms with van der Waals surface area (Å²) in [7, 11) is 0. The zero-order chi connectivity index (χ0) is 15.6. The van der Waals surface area contributed by atoms with Crippen LogP contribution >= 0.6 is 0 Å². The number of hydrogen-bond donors (Lipinski definition) is 0. The molecule has 1 aromatic carbocycles. The summed E-state index contributed by atoms with van der Waals surface area (Å²) in [5.74, 6) is -0.327. The number of hydrogen-bond acceptors (Lipinski definition) is 3. The van der Waals surface area contributed by atoms with Crippen LogP contribution in [0.15, 0.2) is 54.7 Å². The molecule has 0 atom stereocenters. The Kier molecular flexibility index (Phi) is 3.63. The highest BCUT2D eigenvalue weighted by Gasteiger charge is 2.19. The fourth-order valence-corrected chi connectivity index (χ4v) is 2.95. The Balaban J connectivity index is 1.52. The second-order valence-electron chi connectivity index (χ2n) is 5.80. The molecular formula is C18H17FN4. The number of pyridine rings is 1. The molecule has 0 bridgehead atoms. The first-order valence-electron chi connectivity index (χ1n) is 7.73. The Labute approximate surface area is 134 Å². The third kappa shape index (κ3) is 3.00. The van der Waals surface area contributed by atoms with Gasteiger partial charge in [0.1, 0.15) is 11.5 Å². The fourth-order valence-electron chi connectivity index (χ4n) is 2.95. The molecule has 116 valence electrons. The topological polar surface area (TPSA) is 34.0 Å². The molecule has 3 aromatic rings. The second-order valence-corrected chi connectivity index (χ2v) is 5.80. The Morgan fingerprint density at radius 1 is 1.00 bits per heavy atom. The van der Waals surface area contributed by atoms with Gasteiger partial charge in [0.15, 0.2) is 0 Å². The molecule has 4 rings (SSSR count). The number of fused-ring (bicyclic) bond motifs is 1. The first-order chi connectivity index (χ1) is 11.3. The molecule has 0 saturated heterocycles. The van der Waals surface area contributed by atoms with Gasteiger partial charge in [0.05, 0.1) is 24.1 Å². The highest BCUT2D eigenvalue weighted by atomic mass is 19.1. The van der Waals surface area contributed by atoms with Crippen LogP contribution in [0.3, 0.4) is 0 Å². The smallest absolute Gasteiger partial charge is 0.141 e. The zero-order valence-electron chi connectivity index (χ0n) is 12.7. The van der Waals surface area contributed by atoms with Crippen molar-refractivity contribution in [3.05, 3.63) is 71.8 Å². The summed E-state index contributed by atoms with van der Waals surface area (Å²) in [6.07, 6.45) is 1.23. The number of rotatable bonds is 3. The summed E-state index contributed by atoms with van der Waals surface area (Å²) in [5.41, 5.74) is 4.01. The van der Waals surface area contributed by atoms with Crippen LogP contribution < -0.4 is 0 Å². The van der Waals surface area contributed by atoms with Gasteiger partial charge in [-0.25, -0.2) is 4.39 Å². The molecular weight excluding hydrogens is 291 g/mol. The minimum atomic E-state index is -0.327. The van der Waals surface area contributed by atoms with Gasteiger partial charge in [-0.3, -0.25) is 14.6 Å². The van der Waals surface area contributed by atoms with Gasteiger partial charge in [-0.15, -0.1) is 0 Å². The number of aromatic nitrogens is 3. The normalized spacial score (nSPS) is 14.7. The van der Waals surface area contributed by atoms with Gasteiger partial charge >= 0.3 is 0 Å². The van der Waals surface area contributed by atoms with Gasteiger partial charge in [-0.1, -0.05) is 30.3 Å². The quantitative estimate of drug-likeness (QED) is 0.745. The zero-order valence-corrected chi connectivity index (χ0v) is 12.7. The van der Waals surface area contributed by atoms with Gasteiger partial charge in [-0.2, -0.15) is 5.10 Å². The monoisotopic (exact) mass is 308 g/mol. The molecule has 0 amide bonds. The van der Waals surface area contributed by atoms with E-state index in [0.29, 0.717) is 5.69 Å². The second kappa shape index (κ2) is 5.93. The van der Waals surface area contributed by atoms with E-state index < -0.39 is 0 Å². The maximum atomic E-state index is 13.0. The molecule has 0 saturated carbocycles. The molecule has 1 aliphatic heterocycles. The van der Waals surface area contributed by atoms with E-state index in [1.54, 1.807) is 6.07 Å². The number of benzene rings is 1. The molecule has 0 radical (unpaired) electrons. The predicted molar refractivity (Wildman–Crippen MR) is 86.0 cm³/mol. The standard InChI is InChI=1S/C18H17FN4/c19-15-6-7-17(20-11-15)18-10-16-13-22(8-9-23(16)21-18)12-14-4-2-1-3-5-14/h1-7,10-11H,8-9,12-13H2. The first kappa shape index (κ1) is 14.1. The number of nitrogens with zero attached hydrogens (tertiary/aromatic N) is 4. The third-order valence-electron chi connectivity index (χ3n) is 4.12. The highest BCUT2D eigenvalue weighted by Crippen LogP contribution is 2.21. The summed E-state index contributed by atoms with van der Waals surface area (Å²) in [5, 5.41) is 4.60. The Morgan fingerprint density at radius 3 is 2.65 bits per heavy atom. The van der Waals surface area contributed by atoms with Crippen LogP contribution in [0.2, 0.25) is 0 Å². The van der Waals surface area contributed by atoms with E-state index in [1.807, 2.05) is 10.7 Å². The van der Waals surface area contributed by atoms with E-state index in [-0.39, 0.29) is 5.82 Å². The van der Waals surface area contributed by atoms with Crippen molar-refractivity contribution >= 4 is 0 Å². The lowest BCUT2D eigenvalue weighted by molar-refractivity contribution is 0.205. The van der Waals surface area contributed by atoms with Crippen LogP contribution in [0.4, 0.5) is 4.39 Å². The number of halogens is 1. The van der Waals surface area contributed by atoms with Crippen LogP contribution in [0.1, 0.15) is 11.3 Å². The van der Waals surface area contributed by atoms with Crippen molar-refractivity contribution < 1.29 is 4.39 Å². The van der Waals surface area contributed by atoms with Crippen LogP contribution in [-0.2, 0) is 19.6 Å². The molecule has 5 heteroatoms. The molecule has 3 heterocycles. The first-order valence-corrected chi connectivity index (χ1v) is 7.73. The van der Waals surface area contributed by atoms with E-state index in [0.717, 1.165) is 31.9 Å². The SMILES string of the molecule is Fc1ccc(-c2cc3n(n2)CCN(Cc2ccccc2)C3)nc1. The van der Waals surface area contributed by atoms with Crippen LogP contribution in [-0.4, -0.2) is 26.2 Å². The molecule has 23 heavy (non-hydrogen) atoms. The van der Waals surface area contributed by atoms with Crippen molar-refractivity contribution in [3.8, 4) is 11.4 Å². The molecule has 0 spiro atoms. The lowest BCUT2D eigenvalue weighted by Gasteiger charge is -2.27. The summed E-state index contributed by atoms with van der Waals surface area (Å²) >= 11 is 0. The summed E-state index contributed by atoms with van der Waals surface area (Å²) in [4.78, 5) is 6.53. The van der Waals surface area contributed by atoms with Crippen molar-refractivity contribution in [2.45, 2.75) is 19.6 Å². The van der Waals surface area contributed by atoms with Crippen molar-refractivity contribution in [1.29, 1.82) is 0 Å². The predicted octanol–water partition coefficient (Wildman–Crippen LogP) is 3.10. The van der Waals surface area contributed by atoms with Crippen molar-refractivity contribution in [1.82, 2.24) is 19.7 Å². The Bertz CT molecular complexity index is 796. The van der Waals surface area contributed by atoms with Gasteiger partial charge in [-0.05, 0) is 23.8 Å². The maximum Gasteiger partial charge on any atom is 0.141 e. The van der Waals surface area contributed by atoms with Crippen molar-refractivity contribution in [3.63, 3.8) is 0 Å². The van der Waals surface area contributed by atoms with E-state index in [9.17, 15) is 4.39 Å². The molecule has 4 nitrogen and oxygen atoms in total. The molecule has 0 N–H and O–H groups in total. The van der Waals surface area contributed by atoms with E-state index >= 15 is 0 Å². The van der Waals surface area contributed by atoms with Crippen LogP contribution in [0.5, 0.6) is 0 Å². The fraction of sp³-hybridized carbons (Fsp3) is 0.222. The molecule has 2 aromatic heterocycles. The Hall–Kier alpha value is -2.53. The van der Waals surface area contributed by atoms with E-state index in [2.05, 4.69) is 45.3 Å². The average molecular weight is 308 g/mol. The minimum absolute atomic E-state index is 0.327. The van der Waals surface area contributed by atoms with Crippen LogP contribution in [0.25, 0.3) is 11.4 Å². The molecule has 0 fully saturated rings.